The quantitative estimate of drug-likeness (QED) is 0.192. The molecule has 1 aromatic heterocycles. The van der Waals surface area contributed by atoms with E-state index in [-0.39, 0.29) is 18.4 Å². The summed E-state index contributed by atoms with van der Waals surface area (Å²) in [5.41, 5.74) is 6.68. The number of aromatic nitrogens is 3. The van der Waals surface area contributed by atoms with E-state index in [1.54, 1.807) is 9.40 Å². The van der Waals surface area contributed by atoms with E-state index in [2.05, 4.69) is 17.2 Å². The van der Waals surface area contributed by atoms with Gasteiger partial charge in [-0.1, -0.05) is 58.1 Å². The van der Waals surface area contributed by atoms with Crippen LogP contribution >= 0.6 is 0 Å². The molecule has 0 aliphatic carbocycles. The number of aliphatic hydroxyl groups is 2. The molecule has 0 unspecified atom stereocenters. The number of carbonyl (C=O) groups excluding carboxylic acids is 1. The predicted molar refractivity (Wildman–Crippen MR) is 142 cm³/mol. The molecule has 0 spiro atoms. The van der Waals surface area contributed by atoms with E-state index in [1.807, 2.05) is 20.0 Å². The fourth-order valence-electron chi connectivity index (χ4n) is 4.51. The van der Waals surface area contributed by atoms with Crippen LogP contribution in [0.3, 0.4) is 0 Å². The fourth-order valence-corrected chi connectivity index (χ4v) is 5.28. The van der Waals surface area contributed by atoms with Crippen molar-refractivity contribution in [3.05, 3.63) is 11.9 Å². The molecule has 1 aromatic rings. The summed E-state index contributed by atoms with van der Waals surface area (Å²) in [6.07, 6.45) is 8.36. The number of ether oxygens (including phenoxy) is 1. The van der Waals surface area contributed by atoms with E-state index >= 15 is 0 Å². The molecule has 0 aromatic carbocycles. The van der Waals surface area contributed by atoms with Crippen LogP contribution < -0.4 is 10.5 Å². The molecule has 1 aliphatic heterocycles. The molecule has 38 heavy (non-hydrogen) atoms. The van der Waals surface area contributed by atoms with Gasteiger partial charge in [0, 0.05) is 18.7 Å². The molecular weight excluding hydrogens is 514 g/mol. The topological polar surface area (TPSA) is 179 Å². The zero-order chi connectivity index (χ0) is 28.1. The summed E-state index contributed by atoms with van der Waals surface area (Å²) in [6.45, 7) is 6.15. The summed E-state index contributed by atoms with van der Waals surface area (Å²) in [7, 11) is -4.44. The number of rotatable bonds is 18. The van der Waals surface area contributed by atoms with Crippen molar-refractivity contribution in [2.24, 2.45) is 17.6 Å². The van der Waals surface area contributed by atoms with Crippen LogP contribution in [-0.2, 0) is 37.0 Å². The van der Waals surface area contributed by atoms with Crippen molar-refractivity contribution in [3.8, 4) is 0 Å². The van der Waals surface area contributed by atoms with Crippen LogP contribution in [0.5, 0.6) is 0 Å². The Balaban J connectivity index is 1.69. The molecule has 1 amide bonds. The van der Waals surface area contributed by atoms with Gasteiger partial charge in [0.2, 0.25) is 0 Å². The van der Waals surface area contributed by atoms with Gasteiger partial charge in [-0.15, -0.1) is 5.10 Å². The predicted octanol–water partition coefficient (Wildman–Crippen LogP) is 1.45. The summed E-state index contributed by atoms with van der Waals surface area (Å²) in [6, 6.07) is -0.989. The van der Waals surface area contributed by atoms with Crippen molar-refractivity contribution in [2.45, 2.75) is 116 Å². The molecule has 1 fully saturated rings. The first-order chi connectivity index (χ1) is 18.0. The van der Waals surface area contributed by atoms with E-state index in [9.17, 15) is 23.4 Å². The average molecular weight is 562 g/mol. The molecular formula is C25H47N5O7S. The Kier molecular flexibility index (Phi) is 14.1. The number of hydrogen-bond donors (Lipinski definition) is 4. The highest BCUT2D eigenvalue weighted by Gasteiger charge is 2.39. The molecule has 0 saturated carbocycles. The molecule has 0 bridgehead atoms. The van der Waals surface area contributed by atoms with Crippen LogP contribution in [0.4, 0.5) is 0 Å². The summed E-state index contributed by atoms with van der Waals surface area (Å²) >= 11 is 0. The zero-order valence-electron chi connectivity index (χ0n) is 23.0. The van der Waals surface area contributed by atoms with Gasteiger partial charge < -0.3 is 20.7 Å². The highest BCUT2D eigenvalue weighted by molar-refractivity contribution is 7.85. The lowest BCUT2D eigenvalue weighted by Gasteiger charge is -2.37. The molecule has 0 radical (unpaired) electrons. The second-order valence-corrected chi connectivity index (χ2v) is 12.0. The molecule has 1 aliphatic rings. The van der Waals surface area contributed by atoms with Crippen LogP contribution in [0.2, 0.25) is 0 Å². The summed E-state index contributed by atoms with van der Waals surface area (Å²) in [5, 5.41) is 29.4. The molecule has 13 heteroatoms. The first kappa shape index (κ1) is 32.6. The lowest BCUT2D eigenvalue weighted by molar-refractivity contribution is -0.173. The van der Waals surface area contributed by atoms with E-state index in [0.717, 1.165) is 18.5 Å². The van der Waals surface area contributed by atoms with E-state index in [0.29, 0.717) is 25.8 Å². The maximum atomic E-state index is 12.1. The lowest BCUT2D eigenvalue weighted by Crippen LogP contribution is -2.52. The van der Waals surface area contributed by atoms with Gasteiger partial charge in [-0.2, -0.15) is 8.42 Å². The summed E-state index contributed by atoms with van der Waals surface area (Å²) < 4.78 is 38.2. The van der Waals surface area contributed by atoms with Crippen molar-refractivity contribution in [3.63, 3.8) is 0 Å². The first-order valence-corrected chi connectivity index (χ1v) is 15.3. The fraction of sp³-hybridized carbons (Fsp3) is 0.880. The van der Waals surface area contributed by atoms with E-state index < -0.39 is 47.2 Å². The van der Waals surface area contributed by atoms with Gasteiger partial charge in [-0.05, 0) is 38.0 Å². The van der Waals surface area contributed by atoms with Gasteiger partial charge in [0.1, 0.15) is 12.2 Å². The van der Waals surface area contributed by atoms with Crippen LogP contribution in [0.15, 0.2) is 6.20 Å². The molecule has 1 saturated heterocycles. The number of nitrogens with one attached hydrogen (secondary N) is 1. The van der Waals surface area contributed by atoms with Gasteiger partial charge in [-0.3, -0.25) is 13.7 Å². The Morgan fingerprint density at radius 2 is 1.92 bits per heavy atom. The third kappa shape index (κ3) is 11.6. The minimum atomic E-state index is -4.44. The van der Waals surface area contributed by atoms with Gasteiger partial charge in [0.05, 0.1) is 31.1 Å². The highest BCUT2D eigenvalue weighted by Crippen LogP contribution is 2.25. The van der Waals surface area contributed by atoms with Crippen molar-refractivity contribution >= 4 is 16.2 Å². The molecule has 5 atom stereocenters. The summed E-state index contributed by atoms with van der Waals surface area (Å²) in [4.78, 5) is 12.0. The number of amides is 1. The standard InChI is InChI=1S/C25H47N5O7S/c1-4-5-6-7-8-9-12-20-15-30(29-27-20)13-10-11-19-16-36-22(24(32)23(19)31)17-37-38(34,35)28-25(33)21(26)14-18(2)3/h15,18-19,21-24,31-32H,4-14,16-17,26H2,1-3H3,(H,28,33)/t19-,21+,22-,23+,24-/m1/s1. The van der Waals surface area contributed by atoms with Gasteiger partial charge in [-0.25, -0.2) is 4.72 Å². The molecule has 2 heterocycles. The normalized spacial score (nSPS) is 23.0. The van der Waals surface area contributed by atoms with Crippen molar-refractivity contribution in [1.29, 1.82) is 0 Å². The van der Waals surface area contributed by atoms with Crippen LogP contribution in [0, 0.1) is 11.8 Å². The Bertz CT molecular complexity index is 927. The van der Waals surface area contributed by atoms with Crippen LogP contribution in [-0.4, -0.2) is 77.1 Å². The smallest absolute Gasteiger partial charge is 0.362 e. The maximum Gasteiger partial charge on any atom is 0.362 e. The largest absolute Gasteiger partial charge is 0.390 e. The van der Waals surface area contributed by atoms with E-state index in [1.165, 1.54) is 32.1 Å². The Hall–Kier alpha value is -1.64. The molecule has 2 rings (SSSR count). The second-order valence-electron chi connectivity index (χ2n) is 10.7. The number of aliphatic hydroxyl groups excluding tert-OH is 2. The van der Waals surface area contributed by atoms with Crippen molar-refractivity contribution in [2.75, 3.05) is 13.2 Å². The zero-order valence-corrected chi connectivity index (χ0v) is 23.8. The second kappa shape index (κ2) is 16.5. The number of aryl methyl sites for hydroxylation is 2. The molecule has 5 N–H and O–H groups in total. The Labute approximate surface area is 226 Å². The minimum Gasteiger partial charge on any atom is -0.390 e. The lowest BCUT2D eigenvalue weighted by atomic mass is 9.89. The average Bonchev–Trinajstić information content (AvgIpc) is 3.30. The summed E-state index contributed by atoms with van der Waals surface area (Å²) in [5.74, 6) is -1.08. The number of carbonyl (C=O) groups is 1. The van der Waals surface area contributed by atoms with Gasteiger partial charge in [0.25, 0.3) is 5.91 Å². The molecule has 12 nitrogen and oxygen atoms in total. The Morgan fingerprint density at radius 1 is 1.21 bits per heavy atom. The number of nitrogens with zero attached hydrogens (tertiary/aromatic N) is 3. The van der Waals surface area contributed by atoms with Crippen molar-refractivity contribution in [1.82, 2.24) is 19.7 Å². The van der Waals surface area contributed by atoms with E-state index in [4.69, 9.17) is 14.7 Å². The van der Waals surface area contributed by atoms with Crippen molar-refractivity contribution < 1.29 is 32.3 Å². The monoisotopic (exact) mass is 561 g/mol. The number of nitrogens with two attached hydrogens (primary N) is 1. The SMILES string of the molecule is CCCCCCCCc1cn(CCC[C@@H]2CO[C@H](COS(=O)(=O)NC(=O)[C@@H](N)CC(C)C)[C@@H](O)[C@H]2O)nn1. The first-order valence-electron chi connectivity index (χ1n) is 13.9. The third-order valence-corrected chi connectivity index (χ3v) is 7.65. The molecule has 220 valence electrons. The van der Waals surface area contributed by atoms with Gasteiger partial charge >= 0.3 is 10.3 Å². The van der Waals surface area contributed by atoms with Gasteiger partial charge in [0.15, 0.2) is 0 Å². The van der Waals surface area contributed by atoms with Crippen LogP contribution in [0.25, 0.3) is 0 Å². The Morgan fingerprint density at radius 3 is 2.63 bits per heavy atom. The number of hydrogen-bond acceptors (Lipinski definition) is 10. The highest BCUT2D eigenvalue weighted by atomic mass is 32.2. The maximum absolute atomic E-state index is 12.1. The third-order valence-electron chi connectivity index (χ3n) is 6.75. The number of unbranched alkanes of at least 4 members (excludes halogenated alkanes) is 5. The minimum absolute atomic E-state index is 0.114. The van der Waals surface area contributed by atoms with Crippen LogP contribution in [0.1, 0.15) is 84.3 Å².